The van der Waals surface area contributed by atoms with E-state index in [1.165, 1.54) is 30.5 Å². The molecular weight excluding hydrogens is 1160 g/mol. The first-order valence-corrected chi connectivity index (χ1v) is 26.2. The van der Waals surface area contributed by atoms with Gasteiger partial charge >= 0.3 is 24.1 Å². The van der Waals surface area contributed by atoms with Crippen molar-refractivity contribution in [2.45, 2.75) is 130 Å². The summed E-state index contributed by atoms with van der Waals surface area (Å²) in [6, 6.07) is 17.0. The van der Waals surface area contributed by atoms with Crippen LogP contribution in [0.1, 0.15) is 98.7 Å². The van der Waals surface area contributed by atoms with Gasteiger partial charge in [0.1, 0.15) is 52.1 Å². The number of esters is 2. The average molecular weight is 1220 g/mol. The van der Waals surface area contributed by atoms with Crippen LogP contribution < -0.4 is 49.2 Å². The molecule has 4 amide bonds. The average Bonchev–Trinajstić information content (AvgIpc) is 4.11. The molecule has 0 saturated carbocycles. The summed E-state index contributed by atoms with van der Waals surface area (Å²) in [5.74, 6) is -2.58. The summed E-state index contributed by atoms with van der Waals surface area (Å²) in [4.78, 5) is 92.1. The summed E-state index contributed by atoms with van der Waals surface area (Å²) in [6.07, 6.45) is 4.25. The van der Waals surface area contributed by atoms with Crippen LogP contribution in [0.5, 0.6) is 5.75 Å². The fourth-order valence-corrected chi connectivity index (χ4v) is 9.48. The molecule has 0 spiro atoms. The summed E-state index contributed by atoms with van der Waals surface area (Å²) in [5, 5.41) is 20.1. The zero-order chi connectivity index (χ0) is 56.2. The van der Waals surface area contributed by atoms with E-state index in [1.807, 2.05) is 47.4 Å². The van der Waals surface area contributed by atoms with Crippen molar-refractivity contribution < 1.29 is 85.8 Å². The molecule has 3 aromatic heterocycles. The van der Waals surface area contributed by atoms with Gasteiger partial charge < -0.3 is 62.4 Å². The largest absolute Gasteiger partial charge is 1.00 e. The number of oxime groups is 1. The summed E-state index contributed by atoms with van der Waals surface area (Å²) in [5.41, 5.74) is -0.921. The molecular formula is C53H63IN10O12S2. The van der Waals surface area contributed by atoms with E-state index in [4.69, 9.17) is 33.9 Å². The molecule has 2 aliphatic heterocycles. The van der Waals surface area contributed by atoms with Crippen molar-refractivity contribution >= 4 is 86.8 Å². The zero-order valence-corrected chi connectivity index (χ0v) is 49.1. The van der Waals surface area contributed by atoms with E-state index < -0.39 is 75.5 Å². The Balaban J connectivity index is 0.00000984. The Morgan fingerprint density at radius 2 is 1.49 bits per heavy atom. The van der Waals surface area contributed by atoms with E-state index in [0.29, 0.717) is 29.0 Å². The smallest absolute Gasteiger partial charge is 0.414 e. The first-order chi connectivity index (χ1) is 36.1. The van der Waals surface area contributed by atoms with Gasteiger partial charge in [0.2, 0.25) is 22.3 Å². The summed E-state index contributed by atoms with van der Waals surface area (Å²) in [6.45, 7) is 18.8. The molecule has 4 N–H and O–H groups in total. The number of carbonyl (C=O) groups excluding carboxylic acids is 6. The standard InChI is InChI=1S/C53H62N10O12S2.HI/c1-50(2,3)72-46(67)53(10,11)75-59-37(41-57-47(77-60-41)58-49(69)74-52(7,8)9)42(64)55-38-43(65)63-39(45(66)71-28-31-15-19-35(70-12)20-16-31)34(29-76-44(38)63)27-61-23-22-36-33(26-61)21-24-62(36)25-30-13-17-32(18-14-30)40(54)56-48(68)73-51(4,5)6;/h13-24,26,38,44H,25,27-29H2,1-12H3,(H3-,54,55,56,57,58,60,64,68,69);1H/b59-37-;/t38-,44-;/m1./s1. The molecule has 0 bridgehead atoms. The lowest BCUT2D eigenvalue weighted by atomic mass is 10.0. The molecule has 416 valence electrons. The number of pyridine rings is 1. The topological polar surface area (TPSA) is 268 Å². The molecule has 22 nitrogen and oxygen atoms in total. The van der Waals surface area contributed by atoms with Gasteiger partial charge in [0.25, 0.3) is 11.8 Å². The molecule has 2 atom stereocenters. The Labute approximate surface area is 476 Å². The number of alkyl carbamates (subject to hydrolysis) is 1. The van der Waals surface area contributed by atoms with Crippen LogP contribution in [-0.2, 0) is 62.7 Å². The first-order valence-electron chi connectivity index (χ1n) is 24.3. The molecule has 1 fully saturated rings. The Bertz CT molecular complexity index is 3150. The van der Waals surface area contributed by atoms with Crippen LogP contribution in [0.3, 0.4) is 0 Å². The van der Waals surface area contributed by atoms with Gasteiger partial charge in [-0.2, -0.15) is 9.36 Å². The number of aromatic nitrogens is 4. The van der Waals surface area contributed by atoms with Crippen molar-refractivity contribution in [1.29, 1.82) is 5.41 Å². The van der Waals surface area contributed by atoms with Crippen LogP contribution in [-0.4, -0.2) is 113 Å². The van der Waals surface area contributed by atoms with Crippen molar-refractivity contribution in [3.63, 3.8) is 0 Å². The Hall–Kier alpha value is -7.13. The van der Waals surface area contributed by atoms with Gasteiger partial charge in [0.05, 0.1) is 18.0 Å². The van der Waals surface area contributed by atoms with Crippen molar-refractivity contribution in [3.05, 3.63) is 113 Å². The summed E-state index contributed by atoms with van der Waals surface area (Å²) < 4.78 is 35.5. The molecule has 7 rings (SSSR count). The Morgan fingerprint density at radius 1 is 0.846 bits per heavy atom. The number of benzene rings is 2. The highest BCUT2D eigenvalue weighted by Gasteiger charge is 2.55. The number of halogens is 1. The monoisotopic (exact) mass is 1220 g/mol. The normalized spacial score (nSPS) is 15.7. The fourth-order valence-electron chi connectivity index (χ4n) is 7.58. The number of fused-ring (bicyclic) bond motifs is 2. The van der Waals surface area contributed by atoms with Crippen molar-refractivity contribution in [2.75, 3.05) is 18.2 Å². The van der Waals surface area contributed by atoms with E-state index >= 15 is 0 Å². The maximum atomic E-state index is 14.4. The number of ether oxygens (including phenoxy) is 5. The van der Waals surface area contributed by atoms with E-state index in [0.717, 1.165) is 28.0 Å². The predicted molar refractivity (Wildman–Crippen MR) is 286 cm³/mol. The fraction of sp³-hybridized carbons (Fsp3) is 0.415. The first kappa shape index (κ1) is 60.1. The summed E-state index contributed by atoms with van der Waals surface area (Å²) >= 11 is 2.05. The van der Waals surface area contributed by atoms with E-state index in [-0.39, 0.29) is 65.4 Å². The molecule has 0 unspecified atom stereocenters. The van der Waals surface area contributed by atoms with Gasteiger partial charge in [-0.3, -0.25) is 30.5 Å². The van der Waals surface area contributed by atoms with E-state index in [2.05, 4.69) is 35.0 Å². The highest BCUT2D eigenvalue weighted by molar-refractivity contribution is 8.00. The lowest BCUT2D eigenvalue weighted by Crippen LogP contribution is -3.00. The van der Waals surface area contributed by atoms with Crippen molar-refractivity contribution in [3.8, 4) is 5.75 Å². The minimum absolute atomic E-state index is 0. The van der Waals surface area contributed by atoms with Gasteiger partial charge in [-0.1, -0.05) is 41.6 Å². The Kier molecular flexibility index (Phi) is 18.7. The second-order valence-corrected chi connectivity index (χ2v) is 23.3. The number of hydrogen-bond donors (Lipinski definition) is 4. The molecule has 2 aromatic carbocycles. The number of carbonyl (C=O) groups is 6. The van der Waals surface area contributed by atoms with E-state index in [1.54, 1.807) is 106 Å². The van der Waals surface area contributed by atoms with Crippen LogP contribution >= 0.6 is 23.3 Å². The van der Waals surface area contributed by atoms with Gasteiger partial charge in [0.15, 0.2) is 18.9 Å². The number of methoxy groups -OCH3 is 1. The molecule has 25 heteroatoms. The SMILES string of the molecule is COc1ccc(COC(=O)C2=C(C[n+]3ccc4c(ccn4Cc4ccc(C(=N)NC(=O)OC(C)(C)C)cc4)c3)CS[C@@H]3[C@H](NC(=O)/C(=N\OC(C)(C)C(=O)OC(C)(C)C)c4nsc(NC(=O)OC(C)(C)C)n4)C(=O)N23)cc1.[I-]. The van der Waals surface area contributed by atoms with Crippen LogP contribution in [0.15, 0.2) is 95.7 Å². The second-order valence-electron chi connectivity index (χ2n) is 21.4. The third kappa shape index (κ3) is 15.5. The number of rotatable bonds is 16. The van der Waals surface area contributed by atoms with Crippen molar-refractivity contribution in [1.82, 2.24) is 29.5 Å². The Morgan fingerprint density at radius 3 is 2.13 bits per heavy atom. The molecule has 78 heavy (non-hydrogen) atoms. The molecule has 2 aliphatic rings. The minimum Gasteiger partial charge on any atom is -1.00 e. The van der Waals surface area contributed by atoms with Crippen LogP contribution in [0, 0.1) is 5.41 Å². The third-order valence-electron chi connectivity index (χ3n) is 11.1. The van der Waals surface area contributed by atoms with Gasteiger partial charge in [-0.05, 0) is 105 Å². The number of nitrogens with zero attached hydrogens (tertiary/aromatic N) is 6. The second kappa shape index (κ2) is 24.3. The number of β-lactam (4-membered cyclic amide) rings is 1. The number of amidine groups is 1. The lowest BCUT2D eigenvalue weighted by Gasteiger charge is -2.49. The number of anilines is 1. The molecule has 1 saturated heterocycles. The summed E-state index contributed by atoms with van der Waals surface area (Å²) in [7, 11) is 1.55. The minimum atomic E-state index is -1.71. The van der Waals surface area contributed by atoms with Crippen LogP contribution in [0.4, 0.5) is 14.7 Å². The highest BCUT2D eigenvalue weighted by atomic mass is 127. The number of amides is 4. The molecule has 5 aromatic rings. The predicted octanol–water partition coefficient (Wildman–Crippen LogP) is 3.98. The van der Waals surface area contributed by atoms with Gasteiger partial charge in [-0.25, -0.2) is 23.7 Å². The molecule has 5 heterocycles. The number of nitrogens with one attached hydrogen (secondary N) is 4. The van der Waals surface area contributed by atoms with E-state index in [9.17, 15) is 28.8 Å². The van der Waals surface area contributed by atoms with Gasteiger partial charge in [-0.15, -0.1) is 11.8 Å². The zero-order valence-electron chi connectivity index (χ0n) is 45.3. The van der Waals surface area contributed by atoms with Crippen molar-refractivity contribution in [2.24, 2.45) is 5.16 Å². The van der Waals surface area contributed by atoms with Crippen LogP contribution in [0.2, 0.25) is 0 Å². The highest BCUT2D eigenvalue weighted by Crippen LogP contribution is 2.41. The maximum Gasteiger partial charge on any atom is 0.414 e. The number of thioether (sulfide) groups is 1. The maximum absolute atomic E-state index is 14.4. The van der Waals surface area contributed by atoms with Crippen LogP contribution in [0.25, 0.3) is 10.9 Å². The molecule has 0 aliphatic carbocycles. The van der Waals surface area contributed by atoms with Gasteiger partial charge in [0, 0.05) is 47.2 Å². The number of hydrogen-bond acceptors (Lipinski definition) is 18. The third-order valence-corrected chi connectivity index (χ3v) is 13.1. The molecule has 0 radical (unpaired) electrons. The quantitative estimate of drug-likeness (QED) is 0.0159. The lowest BCUT2D eigenvalue weighted by molar-refractivity contribution is -0.687.